The van der Waals surface area contributed by atoms with Crippen molar-refractivity contribution in [2.75, 3.05) is 0 Å². The summed E-state index contributed by atoms with van der Waals surface area (Å²) in [5.41, 5.74) is 0.395. The molecular formula is C13H7Br2ClFNO3. The predicted octanol–water partition coefficient (Wildman–Crippen LogP) is 5.79. The second-order valence-electron chi connectivity index (χ2n) is 3.98. The molecule has 4 nitrogen and oxygen atoms in total. The van der Waals surface area contributed by atoms with E-state index in [1.807, 2.05) is 0 Å². The molecule has 0 aliphatic heterocycles. The Bertz CT molecular complexity index is 689. The fraction of sp³-hybridized carbons (Fsp3) is 0.0769. The number of nitro benzene ring substituents is 1. The van der Waals surface area contributed by atoms with Gasteiger partial charge in [-0.05, 0) is 50.1 Å². The number of ether oxygens (including phenoxy) is 1. The third-order valence-electron chi connectivity index (χ3n) is 2.57. The van der Waals surface area contributed by atoms with E-state index >= 15 is 0 Å². The van der Waals surface area contributed by atoms with Gasteiger partial charge in [-0.2, -0.15) is 0 Å². The van der Waals surface area contributed by atoms with Gasteiger partial charge < -0.3 is 4.74 Å². The molecule has 0 saturated heterocycles. The van der Waals surface area contributed by atoms with Gasteiger partial charge in [0.25, 0.3) is 5.69 Å². The minimum absolute atomic E-state index is 0.0787. The van der Waals surface area contributed by atoms with Crippen LogP contribution >= 0.6 is 43.5 Å². The van der Waals surface area contributed by atoms with Gasteiger partial charge in [-0.15, -0.1) is 11.6 Å². The molecule has 0 saturated carbocycles. The SMILES string of the molecule is O=[N+]([O-])c1cc(Br)c(Oc2ccc(F)cc2CCl)c(Br)c1. The standard InChI is InChI=1S/C13H7Br2ClFNO3/c14-10-4-9(18(19)20)5-11(15)13(10)21-12-2-1-8(17)3-7(12)6-16/h1-5H,6H2. The normalized spacial score (nSPS) is 10.5. The lowest BCUT2D eigenvalue weighted by molar-refractivity contribution is -0.385. The molecule has 0 amide bonds. The zero-order valence-corrected chi connectivity index (χ0v) is 14.2. The van der Waals surface area contributed by atoms with Crippen LogP contribution in [0.2, 0.25) is 0 Å². The molecule has 0 atom stereocenters. The first-order chi connectivity index (χ1) is 9.92. The monoisotopic (exact) mass is 437 g/mol. The summed E-state index contributed by atoms with van der Waals surface area (Å²) < 4.78 is 19.6. The molecule has 0 radical (unpaired) electrons. The van der Waals surface area contributed by atoms with Crippen LogP contribution in [-0.4, -0.2) is 4.92 Å². The molecule has 0 N–H and O–H groups in total. The molecular weight excluding hydrogens is 432 g/mol. The Morgan fingerprint density at radius 3 is 2.38 bits per heavy atom. The number of rotatable bonds is 4. The van der Waals surface area contributed by atoms with Gasteiger partial charge in [-0.1, -0.05) is 0 Å². The van der Waals surface area contributed by atoms with E-state index in [4.69, 9.17) is 16.3 Å². The summed E-state index contributed by atoms with van der Waals surface area (Å²) in [4.78, 5) is 10.3. The van der Waals surface area contributed by atoms with E-state index in [0.717, 1.165) is 0 Å². The van der Waals surface area contributed by atoms with Crippen LogP contribution in [0.3, 0.4) is 0 Å². The van der Waals surface area contributed by atoms with Gasteiger partial charge in [0.2, 0.25) is 0 Å². The van der Waals surface area contributed by atoms with E-state index < -0.39 is 10.7 Å². The van der Waals surface area contributed by atoms with Crippen molar-refractivity contribution >= 4 is 49.1 Å². The highest BCUT2D eigenvalue weighted by atomic mass is 79.9. The number of hydrogen-bond acceptors (Lipinski definition) is 3. The van der Waals surface area contributed by atoms with E-state index in [9.17, 15) is 14.5 Å². The van der Waals surface area contributed by atoms with Crippen LogP contribution in [0.25, 0.3) is 0 Å². The molecule has 0 aromatic heterocycles. The fourth-order valence-corrected chi connectivity index (χ4v) is 3.14. The molecule has 0 heterocycles. The summed E-state index contributed by atoms with van der Waals surface area (Å²) in [6.45, 7) is 0. The van der Waals surface area contributed by atoms with Crippen molar-refractivity contribution in [3.05, 3.63) is 60.8 Å². The highest BCUT2D eigenvalue weighted by Crippen LogP contribution is 2.40. The lowest BCUT2D eigenvalue weighted by Crippen LogP contribution is -1.94. The second kappa shape index (κ2) is 6.72. The van der Waals surface area contributed by atoms with Gasteiger partial charge in [0.1, 0.15) is 11.6 Å². The first-order valence-electron chi connectivity index (χ1n) is 5.58. The zero-order chi connectivity index (χ0) is 15.6. The van der Waals surface area contributed by atoms with Crippen molar-refractivity contribution in [3.63, 3.8) is 0 Å². The van der Waals surface area contributed by atoms with Crippen LogP contribution in [0, 0.1) is 15.9 Å². The Hall–Kier alpha value is -1.18. The molecule has 2 rings (SSSR count). The van der Waals surface area contributed by atoms with Crippen molar-refractivity contribution in [1.82, 2.24) is 0 Å². The summed E-state index contributed by atoms with van der Waals surface area (Å²) in [7, 11) is 0. The number of benzene rings is 2. The maximum atomic E-state index is 13.2. The molecule has 21 heavy (non-hydrogen) atoms. The molecule has 0 bridgehead atoms. The third kappa shape index (κ3) is 3.72. The Morgan fingerprint density at radius 1 is 1.24 bits per heavy atom. The molecule has 110 valence electrons. The van der Waals surface area contributed by atoms with Crippen molar-refractivity contribution in [2.24, 2.45) is 0 Å². The minimum atomic E-state index is -0.513. The molecule has 2 aromatic rings. The van der Waals surface area contributed by atoms with Crippen LogP contribution in [0.1, 0.15) is 5.56 Å². The number of alkyl halides is 1. The van der Waals surface area contributed by atoms with Crippen LogP contribution in [0.15, 0.2) is 39.3 Å². The van der Waals surface area contributed by atoms with Crippen LogP contribution in [-0.2, 0) is 5.88 Å². The lowest BCUT2D eigenvalue weighted by atomic mass is 10.2. The molecule has 0 fully saturated rings. The van der Waals surface area contributed by atoms with Crippen molar-refractivity contribution in [2.45, 2.75) is 5.88 Å². The Balaban J connectivity index is 2.43. The second-order valence-corrected chi connectivity index (χ2v) is 5.96. The summed E-state index contributed by atoms with van der Waals surface area (Å²) in [6, 6.07) is 6.62. The number of halogens is 4. The largest absolute Gasteiger partial charge is 0.455 e. The number of nitrogens with zero attached hydrogens (tertiary/aromatic N) is 1. The summed E-state index contributed by atoms with van der Waals surface area (Å²) in [5.74, 6) is 0.384. The summed E-state index contributed by atoms with van der Waals surface area (Å²) >= 11 is 12.2. The van der Waals surface area contributed by atoms with Gasteiger partial charge in [0, 0.05) is 17.7 Å². The Labute approximate surface area is 141 Å². The topological polar surface area (TPSA) is 52.4 Å². The van der Waals surface area contributed by atoms with Gasteiger partial charge in [-0.25, -0.2) is 4.39 Å². The van der Waals surface area contributed by atoms with E-state index in [1.165, 1.54) is 30.3 Å². The Kier molecular flexibility index (Phi) is 5.18. The first-order valence-corrected chi connectivity index (χ1v) is 7.70. The van der Waals surface area contributed by atoms with E-state index in [-0.39, 0.29) is 11.6 Å². The molecule has 2 aromatic carbocycles. The first kappa shape index (κ1) is 16.2. The Morgan fingerprint density at radius 2 is 1.86 bits per heavy atom. The molecule has 0 aliphatic carbocycles. The van der Waals surface area contributed by atoms with Crippen LogP contribution in [0.5, 0.6) is 11.5 Å². The average molecular weight is 439 g/mol. The minimum Gasteiger partial charge on any atom is -0.455 e. The van der Waals surface area contributed by atoms with Crippen LogP contribution in [0.4, 0.5) is 10.1 Å². The molecule has 0 spiro atoms. The highest BCUT2D eigenvalue weighted by Gasteiger charge is 2.17. The van der Waals surface area contributed by atoms with Crippen molar-refractivity contribution in [3.8, 4) is 11.5 Å². The van der Waals surface area contributed by atoms with Crippen LogP contribution < -0.4 is 4.74 Å². The summed E-state index contributed by atoms with van der Waals surface area (Å²) in [6.07, 6.45) is 0. The zero-order valence-electron chi connectivity index (χ0n) is 10.3. The molecule has 0 aliphatic rings. The van der Waals surface area contributed by atoms with Gasteiger partial charge in [0.15, 0.2) is 5.75 Å². The average Bonchev–Trinajstić information content (AvgIpc) is 2.43. The van der Waals surface area contributed by atoms with Gasteiger partial charge in [-0.3, -0.25) is 10.1 Å². The fourth-order valence-electron chi connectivity index (χ4n) is 1.61. The summed E-state index contributed by atoms with van der Waals surface area (Å²) in [5, 5.41) is 10.8. The highest BCUT2D eigenvalue weighted by molar-refractivity contribution is 9.11. The molecule has 8 heteroatoms. The molecule has 0 unspecified atom stereocenters. The maximum Gasteiger partial charge on any atom is 0.271 e. The smallest absolute Gasteiger partial charge is 0.271 e. The van der Waals surface area contributed by atoms with Crippen molar-refractivity contribution in [1.29, 1.82) is 0 Å². The number of nitro groups is 1. The number of non-ortho nitro benzene ring substituents is 1. The van der Waals surface area contributed by atoms with Crippen molar-refractivity contribution < 1.29 is 14.1 Å². The lowest BCUT2D eigenvalue weighted by Gasteiger charge is -2.12. The van der Waals surface area contributed by atoms with Gasteiger partial charge in [0.05, 0.1) is 19.7 Å². The van der Waals surface area contributed by atoms with Gasteiger partial charge >= 0.3 is 0 Å². The van der Waals surface area contributed by atoms with E-state index in [2.05, 4.69) is 31.9 Å². The predicted molar refractivity (Wildman–Crippen MR) is 84.5 cm³/mol. The third-order valence-corrected chi connectivity index (χ3v) is 4.04. The van der Waals surface area contributed by atoms with E-state index in [0.29, 0.717) is 26.0 Å². The van der Waals surface area contributed by atoms with E-state index in [1.54, 1.807) is 0 Å². The maximum absolute atomic E-state index is 13.2. The quantitative estimate of drug-likeness (QED) is 0.344. The number of hydrogen-bond donors (Lipinski definition) is 0.